The van der Waals surface area contributed by atoms with Gasteiger partial charge in [0.2, 0.25) is 0 Å². The number of nitrogens with two attached hydrogens (primary N) is 1. The number of carboxylic acids is 1. The molecule has 8 nitrogen and oxygen atoms in total. The lowest BCUT2D eigenvalue weighted by Gasteiger charge is -2.33. The van der Waals surface area contributed by atoms with E-state index in [0.29, 0.717) is 17.1 Å². The van der Waals surface area contributed by atoms with Gasteiger partial charge in [-0.3, -0.25) is 0 Å². The number of rotatable bonds is 6. The summed E-state index contributed by atoms with van der Waals surface area (Å²) in [5, 5.41) is 16.4. The molecule has 0 bridgehead atoms. The number of aromatic carboxylic acids is 1. The molecule has 28 heavy (non-hydrogen) atoms. The van der Waals surface area contributed by atoms with Crippen molar-refractivity contribution in [3.8, 4) is 5.75 Å². The SMILES string of the molecule is CC(Nc1ccn2ncc(C(=O)O)c2n1)c1cc(F)ccc1OC1CC(N)C1. The van der Waals surface area contributed by atoms with Gasteiger partial charge in [0.15, 0.2) is 5.65 Å². The standard InChI is InChI=1S/C19H20FN5O3/c1-10(14-6-11(20)2-3-16(14)28-13-7-12(21)8-13)23-17-4-5-25-18(24-17)15(9-22-25)19(26)27/h2-6,9-10,12-13H,7-8,21H2,1H3,(H,23,24)(H,26,27). The largest absolute Gasteiger partial charge is 0.490 e. The minimum Gasteiger partial charge on any atom is -0.490 e. The van der Waals surface area contributed by atoms with Gasteiger partial charge in [0.1, 0.15) is 29.1 Å². The molecule has 0 amide bonds. The first-order valence-electron chi connectivity index (χ1n) is 8.96. The van der Waals surface area contributed by atoms with E-state index < -0.39 is 5.97 Å². The van der Waals surface area contributed by atoms with Crippen LogP contribution in [0.4, 0.5) is 10.2 Å². The van der Waals surface area contributed by atoms with Gasteiger partial charge in [0.25, 0.3) is 0 Å². The van der Waals surface area contributed by atoms with E-state index in [2.05, 4.69) is 15.4 Å². The molecule has 9 heteroatoms. The van der Waals surface area contributed by atoms with Crippen LogP contribution in [-0.4, -0.2) is 37.8 Å². The van der Waals surface area contributed by atoms with Crippen molar-refractivity contribution in [1.29, 1.82) is 0 Å². The van der Waals surface area contributed by atoms with E-state index in [1.807, 2.05) is 6.92 Å². The number of benzene rings is 1. The second kappa shape index (κ2) is 7.08. The maximum Gasteiger partial charge on any atom is 0.341 e. The molecule has 2 aromatic heterocycles. The second-order valence-corrected chi connectivity index (χ2v) is 6.96. The third kappa shape index (κ3) is 3.48. The summed E-state index contributed by atoms with van der Waals surface area (Å²) in [6.07, 6.45) is 4.44. The fourth-order valence-corrected chi connectivity index (χ4v) is 3.25. The van der Waals surface area contributed by atoms with Gasteiger partial charge in [-0.15, -0.1) is 0 Å². The number of hydrogen-bond donors (Lipinski definition) is 3. The number of fused-ring (bicyclic) bond motifs is 1. The molecule has 1 unspecified atom stereocenters. The Hall–Kier alpha value is -3.20. The summed E-state index contributed by atoms with van der Waals surface area (Å²) < 4.78 is 21.2. The molecule has 1 atom stereocenters. The van der Waals surface area contributed by atoms with Crippen LogP contribution >= 0.6 is 0 Å². The van der Waals surface area contributed by atoms with Crippen molar-refractivity contribution in [2.45, 2.75) is 38.0 Å². The average molecular weight is 385 g/mol. The first-order chi connectivity index (χ1) is 13.4. The lowest BCUT2D eigenvalue weighted by molar-refractivity contribution is 0.0698. The van der Waals surface area contributed by atoms with E-state index in [0.717, 1.165) is 12.8 Å². The molecule has 3 aromatic rings. The maximum absolute atomic E-state index is 13.9. The van der Waals surface area contributed by atoms with E-state index in [1.165, 1.54) is 22.8 Å². The Bertz CT molecular complexity index is 1030. The van der Waals surface area contributed by atoms with Gasteiger partial charge in [-0.2, -0.15) is 5.10 Å². The Morgan fingerprint density at radius 3 is 2.93 bits per heavy atom. The Labute approximate surface area is 160 Å². The number of anilines is 1. The van der Waals surface area contributed by atoms with Crippen LogP contribution in [-0.2, 0) is 0 Å². The molecule has 0 saturated heterocycles. The summed E-state index contributed by atoms with van der Waals surface area (Å²) in [5.41, 5.74) is 6.69. The molecule has 4 N–H and O–H groups in total. The van der Waals surface area contributed by atoms with E-state index in [4.69, 9.17) is 10.5 Å². The minimum atomic E-state index is -1.10. The van der Waals surface area contributed by atoms with Gasteiger partial charge >= 0.3 is 5.97 Å². The molecular formula is C19H20FN5O3. The molecule has 1 saturated carbocycles. The van der Waals surface area contributed by atoms with E-state index in [9.17, 15) is 14.3 Å². The van der Waals surface area contributed by atoms with Crippen LogP contribution in [0.25, 0.3) is 5.65 Å². The molecule has 2 heterocycles. The third-order valence-corrected chi connectivity index (χ3v) is 4.83. The maximum atomic E-state index is 13.9. The van der Waals surface area contributed by atoms with Crippen LogP contribution in [0.5, 0.6) is 5.75 Å². The fraction of sp³-hybridized carbons (Fsp3) is 0.316. The normalized spacial score (nSPS) is 19.8. The molecule has 4 rings (SSSR count). The number of aromatic nitrogens is 3. The second-order valence-electron chi connectivity index (χ2n) is 6.96. The van der Waals surface area contributed by atoms with E-state index >= 15 is 0 Å². The quantitative estimate of drug-likeness (QED) is 0.597. The number of ether oxygens (including phenoxy) is 1. The lowest BCUT2D eigenvalue weighted by atomic mass is 9.90. The smallest absolute Gasteiger partial charge is 0.341 e. The number of nitrogens with zero attached hydrogens (tertiary/aromatic N) is 3. The molecule has 1 aliphatic rings. The number of hydrogen-bond acceptors (Lipinski definition) is 6. The Kier molecular flexibility index (Phi) is 4.60. The molecule has 1 aromatic carbocycles. The molecule has 1 aliphatic carbocycles. The molecule has 1 fully saturated rings. The van der Waals surface area contributed by atoms with Gasteiger partial charge in [0.05, 0.1) is 12.2 Å². The van der Waals surface area contributed by atoms with Crippen molar-refractivity contribution >= 4 is 17.4 Å². The molecular weight excluding hydrogens is 365 g/mol. The molecule has 0 aliphatic heterocycles. The number of carbonyl (C=O) groups is 1. The summed E-state index contributed by atoms with van der Waals surface area (Å²) in [4.78, 5) is 15.6. The third-order valence-electron chi connectivity index (χ3n) is 4.83. The van der Waals surface area contributed by atoms with Crippen LogP contribution in [0, 0.1) is 5.82 Å². The highest BCUT2D eigenvalue weighted by Crippen LogP contribution is 2.32. The summed E-state index contributed by atoms with van der Waals surface area (Å²) in [5.74, 6) is -0.431. The van der Waals surface area contributed by atoms with Crippen molar-refractivity contribution in [3.05, 3.63) is 53.6 Å². The molecule has 0 spiro atoms. The number of nitrogens with one attached hydrogen (secondary N) is 1. The van der Waals surface area contributed by atoms with Crippen molar-refractivity contribution in [3.63, 3.8) is 0 Å². The summed E-state index contributed by atoms with van der Waals surface area (Å²) in [6, 6.07) is 5.89. The van der Waals surface area contributed by atoms with E-state index in [-0.39, 0.29) is 35.2 Å². The highest BCUT2D eigenvalue weighted by Gasteiger charge is 2.29. The van der Waals surface area contributed by atoms with E-state index in [1.54, 1.807) is 18.3 Å². The zero-order chi connectivity index (χ0) is 19.8. The highest BCUT2D eigenvalue weighted by atomic mass is 19.1. The van der Waals surface area contributed by atoms with Crippen LogP contribution in [0.15, 0.2) is 36.7 Å². The summed E-state index contributed by atoms with van der Waals surface area (Å²) >= 11 is 0. The molecule has 0 radical (unpaired) electrons. The van der Waals surface area contributed by atoms with Gasteiger partial charge in [0, 0.05) is 17.8 Å². The molecule has 146 valence electrons. The Morgan fingerprint density at radius 1 is 1.43 bits per heavy atom. The lowest BCUT2D eigenvalue weighted by Crippen LogP contribution is -2.43. The Balaban J connectivity index is 1.58. The van der Waals surface area contributed by atoms with Gasteiger partial charge in [-0.05, 0) is 44.0 Å². The van der Waals surface area contributed by atoms with Crippen molar-refractivity contribution in [1.82, 2.24) is 14.6 Å². The van der Waals surface area contributed by atoms with Gasteiger partial charge in [-0.25, -0.2) is 18.7 Å². The summed E-state index contributed by atoms with van der Waals surface area (Å²) in [6.45, 7) is 1.86. The number of carboxylic acid groups (broad SMARTS) is 1. The van der Waals surface area contributed by atoms with Crippen molar-refractivity contribution < 1.29 is 19.0 Å². The topological polar surface area (TPSA) is 115 Å². The Morgan fingerprint density at radius 2 is 2.21 bits per heavy atom. The highest BCUT2D eigenvalue weighted by molar-refractivity contribution is 5.94. The van der Waals surface area contributed by atoms with Crippen LogP contribution in [0.2, 0.25) is 0 Å². The van der Waals surface area contributed by atoms with Crippen LogP contribution in [0.1, 0.15) is 41.7 Å². The monoisotopic (exact) mass is 385 g/mol. The van der Waals surface area contributed by atoms with Crippen molar-refractivity contribution in [2.24, 2.45) is 5.73 Å². The number of halogens is 1. The minimum absolute atomic E-state index is 0.00685. The van der Waals surface area contributed by atoms with Crippen molar-refractivity contribution in [2.75, 3.05) is 5.32 Å². The van der Waals surface area contributed by atoms with Crippen LogP contribution in [0.3, 0.4) is 0 Å². The zero-order valence-electron chi connectivity index (χ0n) is 15.2. The van der Waals surface area contributed by atoms with Gasteiger partial charge in [-0.1, -0.05) is 0 Å². The predicted molar refractivity (Wildman–Crippen MR) is 100 cm³/mol. The predicted octanol–water partition coefficient (Wildman–Crippen LogP) is 2.61. The zero-order valence-corrected chi connectivity index (χ0v) is 15.2. The fourth-order valence-electron chi connectivity index (χ4n) is 3.25. The first kappa shape index (κ1) is 18.2. The average Bonchev–Trinajstić information content (AvgIpc) is 3.05. The van der Waals surface area contributed by atoms with Crippen LogP contribution < -0.4 is 15.8 Å². The van der Waals surface area contributed by atoms with Gasteiger partial charge < -0.3 is 20.9 Å². The first-order valence-corrected chi connectivity index (χ1v) is 8.96. The summed E-state index contributed by atoms with van der Waals surface area (Å²) in [7, 11) is 0.